The smallest absolute Gasteiger partial charge is 0.318 e. The predicted octanol–water partition coefficient (Wildman–Crippen LogP) is 0.522. The van der Waals surface area contributed by atoms with Crippen molar-refractivity contribution in [1.29, 1.82) is 0 Å². The molecule has 3 atom stereocenters. The molecule has 0 saturated carbocycles. The van der Waals surface area contributed by atoms with Crippen molar-refractivity contribution >= 4 is 11.8 Å². The molecule has 1 saturated heterocycles. The number of methoxy groups -OCH3 is 1. The molecule has 4 heteroatoms. The third-order valence-electron chi connectivity index (χ3n) is 4.21. The second kappa shape index (κ2) is 3.17. The quantitative estimate of drug-likeness (QED) is 0.482. The summed E-state index contributed by atoms with van der Waals surface area (Å²) >= 11 is 0. The largest absolute Gasteiger partial charge is 0.468 e. The highest BCUT2D eigenvalue weighted by atomic mass is 16.5. The molecule has 1 fully saturated rings. The number of quaternary nitrogens is 1. The zero-order valence-corrected chi connectivity index (χ0v) is 10.2. The fourth-order valence-electron chi connectivity index (χ4n) is 3.28. The first-order valence-corrected chi connectivity index (χ1v) is 5.48. The Kier molecular flexibility index (Phi) is 2.24. The van der Waals surface area contributed by atoms with Gasteiger partial charge in [0.25, 0.3) is 0 Å². The number of carbonyl (C=O) groups is 2. The van der Waals surface area contributed by atoms with Gasteiger partial charge in [0, 0.05) is 6.42 Å². The molecule has 3 unspecified atom stereocenters. The van der Waals surface area contributed by atoms with Crippen molar-refractivity contribution in [2.45, 2.75) is 25.4 Å². The molecule has 16 heavy (non-hydrogen) atoms. The third-order valence-corrected chi connectivity index (χ3v) is 4.21. The van der Waals surface area contributed by atoms with E-state index in [1.165, 1.54) is 7.11 Å². The van der Waals surface area contributed by atoms with E-state index >= 15 is 0 Å². The minimum Gasteiger partial charge on any atom is -0.468 e. The molecule has 88 valence electrons. The van der Waals surface area contributed by atoms with Crippen LogP contribution in [0.1, 0.15) is 13.3 Å². The highest BCUT2D eigenvalue weighted by molar-refractivity contribution is 5.96. The van der Waals surface area contributed by atoms with Gasteiger partial charge in [-0.3, -0.25) is 9.59 Å². The van der Waals surface area contributed by atoms with E-state index in [4.69, 9.17) is 4.74 Å². The van der Waals surface area contributed by atoms with E-state index in [1.54, 1.807) is 6.08 Å². The molecule has 2 heterocycles. The number of ether oxygens (including phenoxy) is 1. The maximum atomic E-state index is 11.9. The molecular weight excluding hydrogens is 206 g/mol. The molecule has 2 aliphatic rings. The zero-order chi connectivity index (χ0) is 12.1. The van der Waals surface area contributed by atoms with E-state index in [0.29, 0.717) is 10.9 Å². The first-order chi connectivity index (χ1) is 7.34. The number of hydrogen-bond acceptors (Lipinski definition) is 3. The molecule has 0 amide bonds. The van der Waals surface area contributed by atoms with Crippen molar-refractivity contribution in [3.8, 4) is 0 Å². The highest BCUT2D eigenvalue weighted by Gasteiger charge is 2.63. The topological polar surface area (TPSA) is 43.4 Å². The number of nitrogens with zero attached hydrogens (tertiary/aromatic N) is 1. The van der Waals surface area contributed by atoms with Crippen LogP contribution < -0.4 is 0 Å². The summed E-state index contributed by atoms with van der Waals surface area (Å²) in [6.07, 6.45) is 4.05. The van der Waals surface area contributed by atoms with E-state index in [-0.39, 0.29) is 23.8 Å². The maximum Gasteiger partial charge on any atom is 0.318 e. The average Bonchev–Trinajstić information content (AvgIpc) is 2.34. The Balaban J connectivity index is 2.47. The summed E-state index contributed by atoms with van der Waals surface area (Å²) in [5, 5.41) is 0. The molecule has 0 aliphatic carbocycles. The summed E-state index contributed by atoms with van der Waals surface area (Å²) < 4.78 is 5.44. The van der Waals surface area contributed by atoms with Gasteiger partial charge in [0.1, 0.15) is 11.5 Å². The first kappa shape index (κ1) is 11.3. The number of fused-ring (bicyclic) bond motifs is 2. The number of likely N-dealkylation sites (N-methyl/N-ethyl adjacent to an activating group) is 1. The molecule has 0 aromatic heterocycles. The van der Waals surface area contributed by atoms with E-state index in [9.17, 15) is 9.59 Å². The Bertz CT molecular complexity index is 386. The van der Waals surface area contributed by atoms with Crippen molar-refractivity contribution < 1.29 is 18.8 Å². The SMILES string of the molecule is COC(=O)C1(C)CC2C(=O)C=CC1[N+]2(C)C. The van der Waals surface area contributed by atoms with Gasteiger partial charge < -0.3 is 9.22 Å². The van der Waals surface area contributed by atoms with Crippen LogP contribution in [0.2, 0.25) is 0 Å². The number of rotatable bonds is 1. The van der Waals surface area contributed by atoms with Gasteiger partial charge in [-0.1, -0.05) is 0 Å². The fourth-order valence-corrected chi connectivity index (χ4v) is 3.28. The van der Waals surface area contributed by atoms with Crippen LogP contribution in [0, 0.1) is 5.41 Å². The van der Waals surface area contributed by atoms with Gasteiger partial charge in [-0.2, -0.15) is 0 Å². The Morgan fingerprint density at radius 3 is 2.69 bits per heavy atom. The van der Waals surface area contributed by atoms with Crippen LogP contribution >= 0.6 is 0 Å². The molecule has 0 N–H and O–H groups in total. The van der Waals surface area contributed by atoms with Crippen LogP contribution in [0.25, 0.3) is 0 Å². The van der Waals surface area contributed by atoms with E-state index in [1.807, 2.05) is 27.1 Å². The van der Waals surface area contributed by atoms with Crippen LogP contribution in [-0.4, -0.2) is 49.5 Å². The Labute approximate surface area is 95.5 Å². The molecule has 0 spiro atoms. The molecular formula is C12H18NO3+. The van der Waals surface area contributed by atoms with Crippen molar-refractivity contribution in [3.63, 3.8) is 0 Å². The fraction of sp³-hybridized carbons (Fsp3) is 0.667. The highest BCUT2D eigenvalue weighted by Crippen LogP contribution is 2.47. The van der Waals surface area contributed by atoms with E-state index < -0.39 is 5.41 Å². The minimum atomic E-state index is -0.578. The lowest BCUT2D eigenvalue weighted by molar-refractivity contribution is -0.913. The monoisotopic (exact) mass is 224 g/mol. The van der Waals surface area contributed by atoms with E-state index in [2.05, 4.69) is 0 Å². The molecule has 2 aliphatic heterocycles. The van der Waals surface area contributed by atoms with Gasteiger partial charge in [0.05, 0.1) is 21.2 Å². The van der Waals surface area contributed by atoms with Crippen LogP contribution in [0.15, 0.2) is 12.2 Å². The van der Waals surface area contributed by atoms with Gasteiger partial charge in [0.2, 0.25) is 5.78 Å². The Morgan fingerprint density at radius 1 is 1.56 bits per heavy atom. The predicted molar refractivity (Wildman–Crippen MR) is 58.6 cm³/mol. The third kappa shape index (κ3) is 1.19. The van der Waals surface area contributed by atoms with Gasteiger partial charge in [-0.15, -0.1) is 0 Å². The van der Waals surface area contributed by atoms with Gasteiger partial charge in [-0.25, -0.2) is 0 Å². The first-order valence-electron chi connectivity index (χ1n) is 5.48. The summed E-state index contributed by atoms with van der Waals surface area (Å²) in [7, 11) is 5.41. The van der Waals surface area contributed by atoms with Crippen molar-refractivity contribution in [1.82, 2.24) is 0 Å². The molecule has 2 rings (SSSR count). The minimum absolute atomic E-state index is 0.0302. The summed E-state index contributed by atoms with van der Waals surface area (Å²) in [4.78, 5) is 23.7. The van der Waals surface area contributed by atoms with Crippen LogP contribution in [-0.2, 0) is 14.3 Å². The normalized spacial score (nSPS) is 39.9. The lowest BCUT2D eigenvalue weighted by atomic mass is 9.82. The van der Waals surface area contributed by atoms with E-state index in [0.717, 1.165) is 0 Å². The van der Waals surface area contributed by atoms with Gasteiger partial charge >= 0.3 is 5.97 Å². The second-order valence-corrected chi connectivity index (χ2v) is 5.46. The lowest BCUT2D eigenvalue weighted by Crippen LogP contribution is -2.57. The maximum absolute atomic E-state index is 11.9. The van der Waals surface area contributed by atoms with Crippen molar-refractivity contribution in [2.75, 3.05) is 21.2 Å². The van der Waals surface area contributed by atoms with Crippen LogP contribution in [0.4, 0.5) is 0 Å². The lowest BCUT2D eigenvalue weighted by Gasteiger charge is -2.39. The van der Waals surface area contributed by atoms with Crippen molar-refractivity contribution in [2.24, 2.45) is 5.41 Å². The Morgan fingerprint density at radius 2 is 2.19 bits per heavy atom. The van der Waals surface area contributed by atoms with Crippen molar-refractivity contribution in [3.05, 3.63) is 12.2 Å². The van der Waals surface area contributed by atoms with Crippen LogP contribution in [0.3, 0.4) is 0 Å². The summed E-state index contributed by atoms with van der Waals surface area (Å²) in [6.45, 7) is 1.90. The number of esters is 1. The number of hydrogen-bond donors (Lipinski definition) is 0. The second-order valence-electron chi connectivity index (χ2n) is 5.46. The zero-order valence-electron chi connectivity index (χ0n) is 10.2. The summed E-state index contributed by atoms with van der Waals surface area (Å²) in [5.41, 5.74) is -0.578. The number of ketones is 1. The molecule has 0 aromatic rings. The number of carbonyl (C=O) groups excluding carboxylic acids is 2. The summed E-state index contributed by atoms with van der Waals surface area (Å²) in [5.74, 6) is -0.0978. The molecule has 0 aromatic carbocycles. The summed E-state index contributed by atoms with van der Waals surface area (Å²) in [6, 6.07) is -0.0817. The van der Waals surface area contributed by atoms with Gasteiger partial charge in [0.15, 0.2) is 6.04 Å². The molecule has 2 bridgehead atoms. The molecule has 0 radical (unpaired) electrons. The standard InChI is InChI=1S/C12H18NO3/c1-12(11(15)16-4)7-8-9(14)5-6-10(12)13(8,2)3/h5-6,8,10H,7H2,1-4H3/q+1. The van der Waals surface area contributed by atoms with Crippen LogP contribution in [0.5, 0.6) is 0 Å². The Hall–Kier alpha value is -1.16. The van der Waals surface area contributed by atoms with Gasteiger partial charge in [-0.05, 0) is 19.1 Å². The molecule has 4 nitrogen and oxygen atoms in total. The average molecular weight is 224 g/mol.